The van der Waals surface area contributed by atoms with Crippen molar-refractivity contribution in [2.75, 3.05) is 7.11 Å². The number of nitrogens with zero attached hydrogens (tertiary/aromatic N) is 3. The van der Waals surface area contributed by atoms with Crippen LogP contribution >= 0.6 is 15.9 Å². The quantitative estimate of drug-likeness (QED) is 0.908. The normalized spacial score (nSPS) is 11.4. The van der Waals surface area contributed by atoms with Gasteiger partial charge in [0.25, 0.3) is 5.56 Å². The van der Waals surface area contributed by atoms with Gasteiger partial charge in [-0.1, -0.05) is 20.8 Å². The first-order chi connectivity index (χ1) is 9.32. The van der Waals surface area contributed by atoms with Crippen LogP contribution in [0.1, 0.15) is 26.5 Å². The van der Waals surface area contributed by atoms with Gasteiger partial charge in [-0.05, 0) is 15.9 Å². The third-order valence-electron chi connectivity index (χ3n) is 2.67. The van der Waals surface area contributed by atoms with Crippen LogP contribution in [0.25, 0.3) is 11.5 Å². The lowest BCUT2D eigenvalue weighted by Crippen LogP contribution is -2.22. The minimum absolute atomic E-state index is 0.238. The molecule has 0 fully saturated rings. The first-order valence-corrected chi connectivity index (χ1v) is 6.79. The molecule has 0 unspecified atom stereocenters. The summed E-state index contributed by atoms with van der Waals surface area (Å²) in [5.41, 5.74) is 0.678. The molecule has 0 aliphatic carbocycles. The van der Waals surface area contributed by atoms with Crippen molar-refractivity contribution in [2.45, 2.75) is 26.2 Å². The number of aromatic amines is 1. The second-order valence-corrected chi connectivity index (χ2v) is 6.07. The van der Waals surface area contributed by atoms with Gasteiger partial charge < -0.3 is 9.72 Å². The van der Waals surface area contributed by atoms with Gasteiger partial charge in [-0.2, -0.15) is 0 Å². The van der Waals surface area contributed by atoms with Gasteiger partial charge in [-0.3, -0.25) is 4.79 Å². The van der Waals surface area contributed by atoms with Crippen molar-refractivity contribution in [3.8, 4) is 17.4 Å². The van der Waals surface area contributed by atoms with Crippen molar-refractivity contribution in [2.24, 2.45) is 0 Å². The predicted octanol–water partition coefficient (Wildman–Crippen LogP) is 2.30. The largest absolute Gasteiger partial charge is 0.481 e. The Morgan fingerprint density at radius 1 is 1.30 bits per heavy atom. The van der Waals surface area contributed by atoms with Crippen LogP contribution in [-0.4, -0.2) is 27.0 Å². The summed E-state index contributed by atoms with van der Waals surface area (Å²) in [4.78, 5) is 27.3. The molecule has 0 bridgehead atoms. The maximum atomic E-state index is 12.0. The fourth-order valence-corrected chi connectivity index (χ4v) is 2.44. The van der Waals surface area contributed by atoms with Crippen molar-refractivity contribution in [1.29, 1.82) is 0 Å². The number of hydrogen-bond acceptors (Lipinski definition) is 5. The number of methoxy groups -OCH3 is 1. The minimum Gasteiger partial charge on any atom is -0.481 e. The average Bonchev–Trinajstić information content (AvgIpc) is 2.40. The summed E-state index contributed by atoms with van der Waals surface area (Å²) < 4.78 is 5.49. The molecule has 0 saturated carbocycles. The number of ether oxygens (including phenoxy) is 1. The SMILES string of the molecule is COc1cc(-c2nc(C(C)(C)C)c(Br)c(=O)[nH]2)ncn1. The number of halogens is 1. The molecule has 1 N–H and O–H groups in total. The second kappa shape index (κ2) is 5.32. The van der Waals surface area contributed by atoms with E-state index in [9.17, 15) is 4.79 Å². The summed E-state index contributed by atoms with van der Waals surface area (Å²) in [6.45, 7) is 5.97. The Kier molecular flexibility index (Phi) is 3.89. The molecule has 0 aliphatic heterocycles. The molecule has 7 heteroatoms. The van der Waals surface area contributed by atoms with Crippen molar-refractivity contribution in [1.82, 2.24) is 19.9 Å². The van der Waals surface area contributed by atoms with Gasteiger partial charge in [0, 0.05) is 11.5 Å². The van der Waals surface area contributed by atoms with E-state index in [2.05, 4.69) is 35.9 Å². The molecule has 20 heavy (non-hydrogen) atoms. The van der Waals surface area contributed by atoms with E-state index in [1.807, 2.05) is 20.8 Å². The van der Waals surface area contributed by atoms with Gasteiger partial charge in [0.2, 0.25) is 5.88 Å². The van der Waals surface area contributed by atoms with E-state index in [-0.39, 0.29) is 11.0 Å². The maximum Gasteiger partial charge on any atom is 0.265 e. The standard InChI is InChI=1S/C13H15BrN4O2/c1-13(2,3)10-9(14)12(19)18-11(17-10)7-5-8(20-4)16-6-15-7/h5-6H,1-4H3,(H,17,18,19). The van der Waals surface area contributed by atoms with Crippen molar-refractivity contribution >= 4 is 15.9 Å². The Bertz CT molecular complexity index is 692. The lowest BCUT2D eigenvalue weighted by atomic mass is 9.92. The van der Waals surface area contributed by atoms with Gasteiger partial charge in [0.05, 0.1) is 12.8 Å². The van der Waals surface area contributed by atoms with Crippen LogP contribution in [0.2, 0.25) is 0 Å². The molecule has 106 valence electrons. The van der Waals surface area contributed by atoms with E-state index in [0.717, 1.165) is 0 Å². The zero-order valence-corrected chi connectivity index (χ0v) is 13.3. The molecule has 0 spiro atoms. The first-order valence-electron chi connectivity index (χ1n) is 5.99. The molecule has 0 aromatic carbocycles. The zero-order chi connectivity index (χ0) is 14.9. The van der Waals surface area contributed by atoms with E-state index in [1.54, 1.807) is 6.07 Å². The van der Waals surface area contributed by atoms with E-state index in [4.69, 9.17) is 4.74 Å². The minimum atomic E-state index is -0.265. The van der Waals surface area contributed by atoms with Gasteiger partial charge in [0.1, 0.15) is 16.5 Å². The summed E-state index contributed by atoms with van der Waals surface area (Å²) >= 11 is 3.29. The van der Waals surface area contributed by atoms with Gasteiger partial charge in [-0.25, -0.2) is 15.0 Å². The number of aromatic nitrogens is 4. The Balaban J connectivity index is 2.64. The fourth-order valence-electron chi connectivity index (χ4n) is 1.66. The molecule has 2 heterocycles. The third kappa shape index (κ3) is 2.87. The highest BCUT2D eigenvalue weighted by Crippen LogP contribution is 2.27. The Labute approximate surface area is 124 Å². The summed E-state index contributed by atoms with van der Waals surface area (Å²) in [5.74, 6) is 0.807. The van der Waals surface area contributed by atoms with Crippen LogP contribution in [0.4, 0.5) is 0 Å². The highest BCUT2D eigenvalue weighted by Gasteiger charge is 2.22. The van der Waals surface area contributed by atoms with Crippen molar-refractivity contribution in [3.63, 3.8) is 0 Å². The average molecular weight is 339 g/mol. The Morgan fingerprint density at radius 2 is 2.00 bits per heavy atom. The molecular weight excluding hydrogens is 324 g/mol. The summed E-state index contributed by atoms with van der Waals surface area (Å²) in [7, 11) is 1.52. The van der Waals surface area contributed by atoms with Gasteiger partial charge >= 0.3 is 0 Å². The van der Waals surface area contributed by atoms with E-state index in [1.165, 1.54) is 13.4 Å². The van der Waals surface area contributed by atoms with Gasteiger partial charge in [0.15, 0.2) is 5.82 Å². The van der Waals surface area contributed by atoms with Crippen LogP contribution < -0.4 is 10.3 Å². The molecule has 0 aliphatic rings. The summed E-state index contributed by atoms with van der Waals surface area (Å²) in [6.07, 6.45) is 1.37. The molecule has 0 amide bonds. The smallest absolute Gasteiger partial charge is 0.265 e. The van der Waals surface area contributed by atoms with Crippen LogP contribution in [0, 0.1) is 0 Å². The lowest BCUT2D eigenvalue weighted by Gasteiger charge is -2.19. The van der Waals surface area contributed by atoms with E-state index in [0.29, 0.717) is 27.6 Å². The third-order valence-corrected chi connectivity index (χ3v) is 3.40. The predicted molar refractivity (Wildman–Crippen MR) is 78.8 cm³/mol. The van der Waals surface area contributed by atoms with Crippen LogP contribution in [0.5, 0.6) is 5.88 Å². The molecule has 2 rings (SSSR count). The maximum absolute atomic E-state index is 12.0. The second-order valence-electron chi connectivity index (χ2n) is 5.27. The number of rotatable bonds is 2. The first kappa shape index (κ1) is 14.6. The molecule has 2 aromatic heterocycles. The molecule has 0 radical (unpaired) electrons. The summed E-state index contributed by atoms with van der Waals surface area (Å²) in [5, 5.41) is 0. The Morgan fingerprint density at radius 3 is 2.60 bits per heavy atom. The van der Waals surface area contributed by atoms with Crippen LogP contribution in [0.3, 0.4) is 0 Å². The molecule has 0 saturated heterocycles. The van der Waals surface area contributed by atoms with Crippen molar-refractivity contribution < 1.29 is 4.74 Å². The fraction of sp³-hybridized carbons (Fsp3) is 0.385. The lowest BCUT2D eigenvalue weighted by molar-refractivity contribution is 0.397. The summed E-state index contributed by atoms with van der Waals surface area (Å²) in [6, 6.07) is 1.62. The zero-order valence-electron chi connectivity index (χ0n) is 11.7. The number of nitrogens with one attached hydrogen (secondary N) is 1. The molecular formula is C13H15BrN4O2. The van der Waals surface area contributed by atoms with E-state index < -0.39 is 0 Å². The molecule has 6 nitrogen and oxygen atoms in total. The molecule has 0 atom stereocenters. The van der Waals surface area contributed by atoms with Crippen LogP contribution in [0.15, 0.2) is 21.7 Å². The highest BCUT2D eigenvalue weighted by atomic mass is 79.9. The molecule has 2 aromatic rings. The van der Waals surface area contributed by atoms with Crippen LogP contribution in [-0.2, 0) is 5.41 Å². The van der Waals surface area contributed by atoms with E-state index >= 15 is 0 Å². The highest BCUT2D eigenvalue weighted by molar-refractivity contribution is 9.10. The topological polar surface area (TPSA) is 80.8 Å². The number of hydrogen-bond donors (Lipinski definition) is 1. The van der Waals surface area contributed by atoms with Crippen molar-refractivity contribution in [3.05, 3.63) is 32.9 Å². The van der Waals surface area contributed by atoms with Gasteiger partial charge in [-0.15, -0.1) is 0 Å². The Hall–Kier alpha value is -1.76. The monoisotopic (exact) mass is 338 g/mol. The number of H-pyrrole nitrogens is 1.